The minimum absolute atomic E-state index is 0.213. The van der Waals surface area contributed by atoms with Crippen LogP contribution in [-0.4, -0.2) is 15.5 Å². The van der Waals surface area contributed by atoms with Gasteiger partial charge in [0.05, 0.1) is 23.5 Å². The fourth-order valence-corrected chi connectivity index (χ4v) is 3.96. The van der Waals surface area contributed by atoms with Crippen LogP contribution in [0.15, 0.2) is 120 Å². The van der Waals surface area contributed by atoms with Gasteiger partial charge in [-0.1, -0.05) is 91.0 Å². The number of rotatable bonds is 6. The number of aromatic nitrogens is 2. The number of hydrogen-bond donors (Lipinski definition) is 1. The van der Waals surface area contributed by atoms with E-state index < -0.39 is 5.97 Å². The Kier molecular flexibility index (Phi) is 5.91. The maximum Gasteiger partial charge on any atom is 0.343 e. The van der Waals surface area contributed by atoms with Gasteiger partial charge in [0.15, 0.2) is 0 Å². The second kappa shape index (κ2) is 9.46. The third-order valence-corrected chi connectivity index (χ3v) is 5.55. The summed E-state index contributed by atoms with van der Waals surface area (Å²) in [5, 5.41) is 0. The van der Waals surface area contributed by atoms with Crippen LogP contribution in [-0.2, 0) is 6.54 Å². The van der Waals surface area contributed by atoms with Crippen molar-refractivity contribution >= 4 is 5.97 Å². The largest absolute Gasteiger partial charge is 0.423 e. The fraction of sp³-hybridized carbons (Fsp3) is 0.0345. The number of ether oxygens (including phenoxy) is 1. The lowest BCUT2D eigenvalue weighted by Gasteiger charge is -2.11. The minimum atomic E-state index is -0.442. The van der Waals surface area contributed by atoms with Crippen molar-refractivity contribution in [2.45, 2.75) is 6.54 Å². The van der Waals surface area contributed by atoms with Crippen LogP contribution in [0, 0.1) is 0 Å². The zero-order valence-electron chi connectivity index (χ0n) is 18.3. The molecule has 5 nitrogen and oxygen atoms in total. The van der Waals surface area contributed by atoms with Gasteiger partial charge in [0.25, 0.3) is 0 Å². The molecule has 0 atom stereocenters. The smallest absolute Gasteiger partial charge is 0.343 e. The quantitative estimate of drug-likeness (QED) is 0.266. The third-order valence-electron chi connectivity index (χ3n) is 5.55. The highest BCUT2D eigenvalue weighted by molar-refractivity contribution is 5.91. The minimum Gasteiger partial charge on any atom is -0.423 e. The average Bonchev–Trinajstić information content (AvgIpc) is 3.21. The van der Waals surface area contributed by atoms with Crippen molar-refractivity contribution in [2.75, 3.05) is 0 Å². The van der Waals surface area contributed by atoms with Crippen molar-refractivity contribution in [3.63, 3.8) is 0 Å². The molecular weight excluding hydrogens is 424 g/mol. The van der Waals surface area contributed by atoms with E-state index in [1.807, 2.05) is 84.9 Å². The lowest BCUT2D eigenvalue weighted by atomic mass is 10.0. The Morgan fingerprint density at radius 1 is 0.735 bits per heavy atom. The summed E-state index contributed by atoms with van der Waals surface area (Å²) in [5.74, 6) is 0.0429. The maximum atomic E-state index is 13.1. The number of hydrogen-bond acceptors (Lipinski definition) is 3. The summed E-state index contributed by atoms with van der Waals surface area (Å²) >= 11 is 0. The van der Waals surface area contributed by atoms with E-state index in [2.05, 4.69) is 4.98 Å². The molecule has 0 amide bonds. The number of benzene rings is 4. The van der Waals surface area contributed by atoms with Gasteiger partial charge < -0.3 is 9.72 Å². The molecule has 4 aromatic carbocycles. The maximum absolute atomic E-state index is 13.1. The van der Waals surface area contributed by atoms with E-state index in [9.17, 15) is 9.59 Å². The van der Waals surface area contributed by atoms with Gasteiger partial charge >= 0.3 is 11.7 Å². The van der Waals surface area contributed by atoms with Gasteiger partial charge in [0.1, 0.15) is 5.75 Å². The Balaban J connectivity index is 1.52. The lowest BCUT2D eigenvalue weighted by molar-refractivity contribution is 0.0734. The number of para-hydroxylation sites is 1. The fourth-order valence-electron chi connectivity index (χ4n) is 3.96. The second-order valence-corrected chi connectivity index (χ2v) is 7.87. The molecule has 0 aliphatic carbocycles. The van der Waals surface area contributed by atoms with Gasteiger partial charge in [-0.05, 0) is 29.8 Å². The Morgan fingerprint density at radius 3 is 2.03 bits per heavy atom. The molecule has 0 aliphatic heterocycles. The molecular formula is C29H22N2O3. The Bertz CT molecular complexity index is 1470. The molecule has 1 heterocycles. The number of carbonyl (C=O) groups is 1. The number of H-pyrrole nitrogens is 1. The molecule has 34 heavy (non-hydrogen) atoms. The van der Waals surface area contributed by atoms with Crippen molar-refractivity contribution in [1.29, 1.82) is 0 Å². The van der Waals surface area contributed by atoms with Gasteiger partial charge in [0, 0.05) is 11.1 Å². The second-order valence-electron chi connectivity index (χ2n) is 7.87. The van der Waals surface area contributed by atoms with Crippen LogP contribution < -0.4 is 10.4 Å². The number of esters is 1. The number of carbonyl (C=O) groups excluding carboxylic acids is 1. The summed E-state index contributed by atoms with van der Waals surface area (Å²) in [6, 6.07) is 35.7. The van der Waals surface area contributed by atoms with Crippen LogP contribution >= 0.6 is 0 Å². The molecule has 1 aromatic heterocycles. The van der Waals surface area contributed by atoms with E-state index >= 15 is 0 Å². The van der Waals surface area contributed by atoms with Crippen LogP contribution in [0.3, 0.4) is 0 Å². The molecule has 0 unspecified atom stereocenters. The zero-order chi connectivity index (χ0) is 23.3. The molecule has 166 valence electrons. The third kappa shape index (κ3) is 4.45. The Labute approximate surface area is 196 Å². The highest BCUT2D eigenvalue weighted by atomic mass is 16.5. The molecule has 5 aromatic rings. The first-order valence-corrected chi connectivity index (χ1v) is 11.0. The average molecular weight is 447 g/mol. The summed E-state index contributed by atoms with van der Waals surface area (Å²) in [6.07, 6.45) is 0. The normalized spacial score (nSPS) is 10.7. The molecule has 0 bridgehead atoms. The summed E-state index contributed by atoms with van der Waals surface area (Å²) in [7, 11) is 0. The van der Waals surface area contributed by atoms with Gasteiger partial charge in [-0.25, -0.2) is 9.59 Å². The molecule has 0 fully saturated rings. The molecule has 0 spiro atoms. The predicted octanol–water partition coefficient (Wildman–Crippen LogP) is 5.78. The monoisotopic (exact) mass is 446 g/mol. The SMILES string of the molecule is O=C(Oc1ccccc1)c1cccc(Cn2c(-c3ccccc3)c(-c3ccccc3)[nH]c2=O)c1. The van der Waals surface area contributed by atoms with Crippen molar-refractivity contribution in [3.05, 3.63) is 137 Å². The van der Waals surface area contributed by atoms with Crippen LogP contribution in [0.4, 0.5) is 0 Å². The van der Waals surface area contributed by atoms with Crippen molar-refractivity contribution < 1.29 is 9.53 Å². The summed E-state index contributed by atoms with van der Waals surface area (Å²) in [5.41, 5.74) is 4.45. The molecule has 0 saturated carbocycles. The molecule has 5 rings (SSSR count). The number of imidazole rings is 1. The van der Waals surface area contributed by atoms with Crippen molar-refractivity contribution in [1.82, 2.24) is 9.55 Å². The summed E-state index contributed by atoms with van der Waals surface area (Å²) in [4.78, 5) is 28.8. The van der Waals surface area contributed by atoms with Crippen LogP contribution in [0.5, 0.6) is 5.75 Å². The van der Waals surface area contributed by atoms with E-state index in [1.165, 1.54) is 0 Å². The number of aromatic amines is 1. The topological polar surface area (TPSA) is 64.1 Å². The van der Waals surface area contributed by atoms with Crippen LogP contribution in [0.25, 0.3) is 22.5 Å². The van der Waals surface area contributed by atoms with Gasteiger partial charge in [0.2, 0.25) is 0 Å². The molecule has 0 saturated heterocycles. The first kappa shape index (κ1) is 21.2. The molecule has 1 N–H and O–H groups in total. The summed E-state index contributed by atoms with van der Waals surface area (Å²) < 4.78 is 7.18. The Morgan fingerprint density at radius 2 is 1.35 bits per heavy atom. The molecule has 0 radical (unpaired) electrons. The van der Waals surface area contributed by atoms with E-state index in [0.29, 0.717) is 17.9 Å². The van der Waals surface area contributed by atoms with Crippen molar-refractivity contribution in [3.8, 4) is 28.3 Å². The van der Waals surface area contributed by atoms with Gasteiger partial charge in [-0.2, -0.15) is 0 Å². The van der Waals surface area contributed by atoms with E-state index in [-0.39, 0.29) is 5.69 Å². The summed E-state index contributed by atoms with van der Waals surface area (Å²) in [6.45, 7) is 0.304. The predicted molar refractivity (Wildman–Crippen MR) is 133 cm³/mol. The lowest BCUT2D eigenvalue weighted by Crippen LogP contribution is -2.19. The van der Waals surface area contributed by atoms with E-state index in [1.54, 1.807) is 34.9 Å². The van der Waals surface area contributed by atoms with Crippen LogP contribution in [0.2, 0.25) is 0 Å². The Hall–Kier alpha value is -4.64. The van der Waals surface area contributed by atoms with Gasteiger partial charge in [-0.15, -0.1) is 0 Å². The molecule has 5 heteroatoms. The first-order chi connectivity index (χ1) is 16.7. The van der Waals surface area contributed by atoms with Crippen LogP contribution in [0.1, 0.15) is 15.9 Å². The zero-order valence-corrected chi connectivity index (χ0v) is 18.3. The number of nitrogens with zero attached hydrogens (tertiary/aromatic N) is 1. The van der Waals surface area contributed by atoms with E-state index in [0.717, 1.165) is 28.1 Å². The standard InChI is InChI=1S/C29H22N2O3/c32-28(34-25-17-8-3-9-18-25)24-16-10-11-21(19-24)20-31-27(23-14-6-2-7-15-23)26(30-29(31)33)22-12-4-1-5-13-22/h1-19H,20H2,(H,30,33). The highest BCUT2D eigenvalue weighted by Crippen LogP contribution is 2.30. The van der Waals surface area contributed by atoms with E-state index in [4.69, 9.17) is 4.74 Å². The highest BCUT2D eigenvalue weighted by Gasteiger charge is 2.18. The van der Waals surface area contributed by atoms with Gasteiger partial charge in [-0.3, -0.25) is 4.57 Å². The van der Waals surface area contributed by atoms with Crippen molar-refractivity contribution in [2.24, 2.45) is 0 Å². The first-order valence-electron chi connectivity index (χ1n) is 11.0. The molecule has 0 aliphatic rings. The number of nitrogens with one attached hydrogen (secondary N) is 1.